The smallest absolute Gasteiger partial charge is 0.217 e. The molecule has 2 aliphatic rings. The topological polar surface area (TPSA) is 102 Å². The van der Waals surface area contributed by atoms with Gasteiger partial charge in [0, 0.05) is 0 Å². The fraction of sp³-hybridized carbons (Fsp3) is 0.412. The van der Waals surface area contributed by atoms with E-state index in [1.165, 1.54) is 6.26 Å². The summed E-state index contributed by atoms with van der Waals surface area (Å²) in [6.07, 6.45) is 4.77. The van der Waals surface area contributed by atoms with Crippen LogP contribution < -0.4 is 0 Å². The first-order chi connectivity index (χ1) is 10.7. The lowest BCUT2D eigenvalue weighted by molar-refractivity contribution is -0.122. The predicted octanol–water partition coefficient (Wildman–Crippen LogP) is 2.99. The van der Waals surface area contributed by atoms with Crippen LogP contribution in [0.25, 0.3) is 0 Å². The van der Waals surface area contributed by atoms with Crippen LogP contribution >= 0.6 is 0 Å². The Hall–Kier alpha value is -2.84. The second-order valence-electron chi connectivity index (χ2n) is 5.72. The quantitative estimate of drug-likeness (QED) is 0.791. The van der Waals surface area contributed by atoms with Crippen LogP contribution in [0.4, 0.5) is 0 Å². The summed E-state index contributed by atoms with van der Waals surface area (Å²) in [6, 6.07) is 9.12. The molecule has 2 aliphatic carbocycles. The number of furan rings is 1. The van der Waals surface area contributed by atoms with Gasteiger partial charge in [0.2, 0.25) is 11.2 Å². The van der Waals surface area contributed by atoms with Crippen LogP contribution in [0.2, 0.25) is 0 Å². The molecule has 0 aromatic carbocycles. The van der Waals surface area contributed by atoms with E-state index in [4.69, 9.17) is 4.42 Å². The molecule has 0 spiro atoms. The molecule has 0 unspecified atom stereocenters. The molecule has 3 rings (SSSR count). The van der Waals surface area contributed by atoms with Crippen molar-refractivity contribution < 1.29 is 9.21 Å². The highest BCUT2D eigenvalue weighted by Gasteiger charge is 2.58. The Labute approximate surface area is 128 Å². The molecular formula is C17H13N3O2. The van der Waals surface area contributed by atoms with E-state index in [0.29, 0.717) is 12.2 Å². The summed E-state index contributed by atoms with van der Waals surface area (Å²) in [5.41, 5.74) is -1.08. The van der Waals surface area contributed by atoms with E-state index in [0.717, 1.165) is 24.8 Å². The van der Waals surface area contributed by atoms with Crippen molar-refractivity contribution in [3.8, 4) is 18.2 Å². The summed E-state index contributed by atoms with van der Waals surface area (Å²) in [5, 5.41) is 28.6. The average molecular weight is 291 g/mol. The number of ketones is 1. The summed E-state index contributed by atoms with van der Waals surface area (Å²) in [6.45, 7) is 0. The van der Waals surface area contributed by atoms with Gasteiger partial charge in [-0.25, -0.2) is 0 Å². The maximum atomic E-state index is 12.7. The second-order valence-corrected chi connectivity index (χ2v) is 5.72. The number of fused-ring (bicyclic) bond motifs is 1. The van der Waals surface area contributed by atoms with Crippen molar-refractivity contribution in [2.45, 2.75) is 31.6 Å². The second kappa shape index (κ2) is 5.17. The highest BCUT2D eigenvalue weighted by Crippen LogP contribution is 2.54. The molecule has 5 nitrogen and oxygen atoms in total. The molecule has 1 fully saturated rings. The van der Waals surface area contributed by atoms with Crippen LogP contribution in [0.3, 0.4) is 0 Å². The molecule has 0 amide bonds. The van der Waals surface area contributed by atoms with E-state index in [2.05, 4.69) is 0 Å². The van der Waals surface area contributed by atoms with E-state index >= 15 is 0 Å². The molecule has 2 atom stereocenters. The highest BCUT2D eigenvalue weighted by molar-refractivity contribution is 6.09. The molecule has 0 N–H and O–H groups in total. The molecule has 108 valence electrons. The maximum Gasteiger partial charge on any atom is 0.217 e. The van der Waals surface area contributed by atoms with E-state index in [1.807, 2.05) is 18.2 Å². The minimum atomic E-state index is -1.88. The lowest BCUT2D eigenvalue weighted by Crippen LogP contribution is -2.45. The monoisotopic (exact) mass is 291 g/mol. The lowest BCUT2D eigenvalue weighted by atomic mass is 9.56. The molecule has 0 bridgehead atoms. The number of carbonyl (C=O) groups is 1. The number of rotatable bonds is 1. The van der Waals surface area contributed by atoms with E-state index in [9.17, 15) is 20.6 Å². The predicted molar refractivity (Wildman–Crippen MR) is 74.7 cm³/mol. The Kier molecular flexibility index (Phi) is 3.32. The van der Waals surface area contributed by atoms with Crippen molar-refractivity contribution in [2.75, 3.05) is 0 Å². The molecule has 1 heterocycles. The zero-order valence-electron chi connectivity index (χ0n) is 11.9. The number of hydrogen-bond acceptors (Lipinski definition) is 5. The van der Waals surface area contributed by atoms with Crippen LogP contribution in [-0.4, -0.2) is 5.78 Å². The fourth-order valence-electron chi connectivity index (χ4n) is 3.77. The first kappa shape index (κ1) is 14.1. The molecule has 22 heavy (non-hydrogen) atoms. The van der Waals surface area contributed by atoms with E-state index in [1.54, 1.807) is 12.1 Å². The van der Waals surface area contributed by atoms with Gasteiger partial charge in [0.1, 0.15) is 11.8 Å². The SMILES string of the molecule is N#CC1=C2CCCC[C@@H]2[C@@H](c2ccco2)C(C#N)(C#N)C1=O. The number of nitriles is 3. The fourth-order valence-corrected chi connectivity index (χ4v) is 3.77. The van der Waals surface area contributed by atoms with Gasteiger partial charge in [-0.05, 0) is 42.9 Å². The number of Topliss-reactive ketones (excluding diaryl/α,β-unsaturated/α-hetero) is 1. The van der Waals surface area contributed by atoms with E-state index < -0.39 is 17.1 Å². The molecular weight excluding hydrogens is 278 g/mol. The molecule has 0 aliphatic heterocycles. The Morgan fingerprint density at radius 2 is 2.00 bits per heavy atom. The van der Waals surface area contributed by atoms with Crippen LogP contribution in [0.15, 0.2) is 34.0 Å². The van der Waals surface area contributed by atoms with Gasteiger partial charge < -0.3 is 4.42 Å². The van der Waals surface area contributed by atoms with Gasteiger partial charge >= 0.3 is 0 Å². The minimum Gasteiger partial charge on any atom is -0.469 e. The molecule has 1 aromatic rings. The summed E-state index contributed by atoms with van der Waals surface area (Å²) < 4.78 is 5.44. The van der Waals surface area contributed by atoms with Gasteiger partial charge in [0.15, 0.2) is 0 Å². The first-order valence-corrected chi connectivity index (χ1v) is 7.23. The largest absolute Gasteiger partial charge is 0.469 e. The normalized spacial score (nSPS) is 26.5. The average Bonchev–Trinajstić information content (AvgIpc) is 3.08. The Morgan fingerprint density at radius 3 is 2.59 bits per heavy atom. The molecule has 5 heteroatoms. The van der Waals surface area contributed by atoms with Gasteiger partial charge in [0.25, 0.3) is 0 Å². The Morgan fingerprint density at radius 1 is 1.23 bits per heavy atom. The van der Waals surface area contributed by atoms with Gasteiger partial charge in [-0.15, -0.1) is 0 Å². The van der Waals surface area contributed by atoms with Crippen molar-refractivity contribution in [3.63, 3.8) is 0 Å². The Balaban J connectivity index is 2.29. The lowest BCUT2D eigenvalue weighted by Gasteiger charge is -2.41. The standard InChI is InChI=1S/C17H13N3O2/c18-8-13-11-4-1-2-5-12(11)15(14-6-3-7-22-14)17(9-19,10-20)16(13)21/h3,6-7,12,15H,1-2,4-5H2/t12-,15-/m0/s1. The van der Waals surface area contributed by atoms with Crippen LogP contribution in [0.5, 0.6) is 0 Å². The molecule has 0 radical (unpaired) electrons. The highest BCUT2D eigenvalue weighted by atomic mass is 16.3. The minimum absolute atomic E-state index is 0.00982. The van der Waals surface area contributed by atoms with Gasteiger partial charge in [-0.2, -0.15) is 15.8 Å². The summed E-state index contributed by atoms with van der Waals surface area (Å²) in [4.78, 5) is 12.7. The summed E-state index contributed by atoms with van der Waals surface area (Å²) in [7, 11) is 0. The van der Waals surface area contributed by atoms with Crippen molar-refractivity contribution in [1.29, 1.82) is 15.8 Å². The van der Waals surface area contributed by atoms with Crippen LogP contribution in [0, 0.1) is 45.3 Å². The third-order valence-corrected chi connectivity index (χ3v) is 4.75. The first-order valence-electron chi connectivity index (χ1n) is 7.23. The third-order valence-electron chi connectivity index (χ3n) is 4.75. The molecule has 0 saturated heterocycles. The Bertz CT molecular complexity index is 754. The van der Waals surface area contributed by atoms with Gasteiger partial charge in [-0.3, -0.25) is 4.79 Å². The molecule has 1 aromatic heterocycles. The third kappa shape index (κ3) is 1.71. The van der Waals surface area contributed by atoms with Crippen molar-refractivity contribution >= 4 is 5.78 Å². The van der Waals surface area contributed by atoms with Gasteiger partial charge in [-0.1, -0.05) is 6.42 Å². The summed E-state index contributed by atoms with van der Waals surface area (Å²) >= 11 is 0. The maximum absolute atomic E-state index is 12.7. The van der Waals surface area contributed by atoms with Crippen molar-refractivity contribution in [2.24, 2.45) is 11.3 Å². The zero-order chi connectivity index (χ0) is 15.7. The van der Waals surface area contributed by atoms with Crippen LogP contribution in [-0.2, 0) is 4.79 Å². The van der Waals surface area contributed by atoms with Crippen LogP contribution in [0.1, 0.15) is 37.4 Å². The number of hydrogen-bond donors (Lipinski definition) is 0. The van der Waals surface area contributed by atoms with E-state index in [-0.39, 0.29) is 11.5 Å². The van der Waals surface area contributed by atoms with Gasteiger partial charge in [0.05, 0.1) is 29.9 Å². The number of carbonyl (C=O) groups excluding carboxylic acids is 1. The zero-order valence-corrected chi connectivity index (χ0v) is 11.9. The summed E-state index contributed by atoms with van der Waals surface area (Å²) in [5.74, 6) is -1.00. The molecule has 1 saturated carbocycles. The van der Waals surface area contributed by atoms with Crippen molar-refractivity contribution in [3.05, 3.63) is 35.3 Å². The number of allylic oxidation sites excluding steroid dienone is 2. The number of nitrogens with zero attached hydrogens (tertiary/aromatic N) is 3. The van der Waals surface area contributed by atoms with Crippen molar-refractivity contribution in [1.82, 2.24) is 0 Å².